The maximum atomic E-state index is 13.6. The number of nitrogens with zero attached hydrogens (tertiary/aromatic N) is 2. The van der Waals surface area contributed by atoms with Crippen LogP contribution in [0.4, 0.5) is 33.1 Å². The summed E-state index contributed by atoms with van der Waals surface area (Å²) in [6.07, 6.45) is 3.34. The summed E-state index contributed by atoms with van der Waals surface area (Å²) in [5.41, 5.74) is 2.15. The van der Waals surface area contributed by atoms with Gasteiger partial charge in [-0.05, 0) is 43.2 Å². The fraction of sp³-hybridized carbons (Fsp3) is 0.190. The van der Waals surface area contributed by atoms with Gasteiger partial charge < -0.3 is 20.7 Å². The topological polar surface area (TPSA) is 88.2 Å². The van der Waals surface area contributed by atoms with E-state index in [-0.39, 0.29) is 17.6 Å². The lowest BCUT2D eigenvalue weighted by molar-refractivity contribution is -0.117. The fourth-order valence-electron chi connectivity index (χ4n) is 2.79. The summed E-state index contributed by atoms with van der Waals surface area (Å²) in [5.74, 6) is 1.03. The molecule has 0 unspecified atom stereocenters. The number of halogens is 1. The lowest BCUT2D eigenvalue weighted by atomic mass is 10.2. The second-order valence-electron chi connectivity index (χ2n) is 6.73. The van der Waals surface area contributed by atoms with Gasteiger partial charge in [0.2, 0.25) is 5.91 Å². The zero-order valence-corrected chi connectivity index (χ0v) is 15.8. The van der Waals surface area contributed by atoms with E-state index in [4.69, 9.17) is 4.74 Å². The van der Waals surface area contributed by atoms with Crippen molar-refractivity contribution in [3.8, 4) is 5.75 Å². The van der Waals surface area contributed by atoms with Gasteiger partial charge in [-0.3, -0.25) is 4.79 Å². The Hall–Kier alpha value is -3.68. The van der Waals surface area contributed by atoms with E-state index in [9.17, 15) is 9.18 Å². The molecular formula is C21H20FN5O2. The average Bonchev–Trinajstić information content (AvgIpc) is 3.55. The first-order chi connectivity index (χ1) is 14.1. The number of anilines is 5. The molecule has 1 saturated carbocycles. The number of benzene rings is 2. The number of hydrogen-bond acceptors (Lipinski definition) is 6. The Morgan fingerprint density at radius 2 is 1.69 bits per heavy atom. The van der Waals surface area contributed by atoms with Gasteiger partial charge in [-0.15, -0.1) is 0 Å². The van der Waals surface area contributed by atoms with Crippen molar-refractivity contribution >= 4 is 34.6 Å². The molecule has 0 radical (unpaired) electrons. The molecule has 0 atom stereocenters. The highest BCUT2D eigenvalue weighted by atomic mass is 19.1. The molecule has 3 aromatic rings. The van der Waals surface area contributed by atoms with Crippen molar-refractivity contribution in [1.82, 2.24) is 9.97 Å². The monoisotopic (exact) mass is 393 g/mol. The third kappa shape index (κ3) is 4.78. The number of ether oxygens (including phenoxy) is 1. The molecule has 148 valence electrons. The third-order valence-corrected chi connectivity index (χ3v) is 4.44. The summed E-state index contributed by atoms with van der Waals surface area (Å²) in [5, 5.41) is 9.21. The molecule has 8 heteroatoms. The van der Waals surface area contributed by atoms with Crippen LogP contribution in [0.3, 0.4) is 0 Å². The number of aromatic nitrogens is 2. The molecule has 0 bridgehead atoms. The lowest BCUT2D eigenvalue weighted by Crippen LogP contribution is -2.13. The molecule has 2 aromatic carbocycles. The quantitative estimate of drug-likeness (QED) is 0.549. The zero-order valence-electron chi connectivity index (χ0n) is 15.8. The van der Waals surface area contributed by atoms with Gasteiger partial charge in [0.15, 0.2) is 11.6 Å². The molecule has 3 N–H and O–H groups in total. The molecule has 1 heterocycles. The summed E-state index contributed by atoms with van der Waals surface area (Å²) in [4.78, 5) is 20.3. The van der Waals surface area contributed by atoms with Crippen molar-refractivity contribution in [2.45, 2.75) is 12.8 Å². The van der Waals surface area contributed by atoms with Crippen molar-refractivity contribution in [3.63, 3.8) is 0 Å². The van der Waals surface area contributed by atoms with Crippen LogP contribution in [-0.2, 0) is 4.79 Å². The van der Waals surface area contributed by atoms with Gasteiger partial charge in [0.25, 0.3) is 0 Å². The molecule has 29 heavy (non-hydrogen) atoms. The van der Waals surface area contributed by atoms with Crippen LogP contribution in [0, 0.1) is 11.7 Å². The van der Waals surface area contributed by atoms with Gasteiger partial charge in [0, 0.05) is 35.1 Å². The SMILES string of the molecule is COc1cc(Nc2cc(Nc3cccc(NC(=O)C4CC4)c3)ncn2)ccc1F. The van der Waals surface area contributed by atoms with Crippen LogP contribution < -0.4 is 20.7 Å². The predicted octanol–water partition coefficient (Wildman–Crippen LogP) is 4.46. The molecule has 1 amide bonds. The minimum Gasteiger partial charge on any atom is -0.494 e. The van der Waals surface area contributed by atoms with E-state index in [1.54, 1.807) is 18.2 Å². The number of methoxy groups -OCH3 is 1. The standard InChI is InChI=1S/C21H20FN5O2/c1-29-18-10-16(7-8-17(18)22)26-20-11-19(23-12-24-20)25-14-3-2-4-15(9-14)27-21(28)13-5-6-13/h2-4,7-13H,5-6H2,1H3,(H,27,28)(H2,23,24,25,26). The van der Waals surface area contributed by atoms with Crippen molar-refractivity contribution in [2.75, 3.05) is 23.1 Å². The first-order valence-electron chi connectivity index (χ1n) is 9.21. The van der Waals surface area contributed by atoms with Crippen molar-refractivity contribution in [2.24, 2.45) is 5.92 Å². The normalized spacial score (nSPS) is 12.9. The van der Waals surface area contributed by atoms with Gasteiger partial charge in [0.1, 0.15) is 18.0 Å². The van der Waals surface area contributed by atoms with Gasteiger partial charge in [-0.1, -0.05) is 6.07 Å². The highest BCUT2D eigenvalue weighted by Crippen LogP contribution is 2.30. The Labute approximate surface area is 167 Å². The van der Waals surface area contributed by atoms with Crippen LogP contribution >= 0.6 is 0 Å². The first-order valence-corrected chi connectivity index (χ1v) is 9.21. The van der Waals surface area contributed by atoms with E-state index in [0.29, 0.717) is 17.3 Å². The van der Waals surface area contributed by atoms with Crippen LogP contribution in [0.25, 0.3) is 0 Å². The Kier molecular flexibility index (Phi) is 5.24. The Bertz CT molecular complexity index is 1040. The minimum absolute atomic E-state index is 0.0606. The van der Waals surface area contributed by atoms with Crippen LogP contribution in [0.5, 0.6) is 5.75 Å². The Morgan fingerprint density at radius 3 is 2.38 bits per heavy atom. The predicted molar refractivity (Wildman–Crippen MR) is 109 cm³/mol. The van der Waals surface area contributed by atoms with E-state index in [1.807, 2.05) is 24.3 Å². The summed E-state index contributed by atoms with van der Waals surface area (Å²) in [6.45, 7) is 0. The van der Waals surface area contributed by atoms with E-state index in [1.165, 1.54) is 19.5 Å². The van der Waals surface area contributed by atoms with Gasteiger partial charge in [0.05, 0.1) is 7.11 Å². The summed E-state index contributed by atoms with van der Waals surface area (Å²) in [7, 11) is 1.41. The first kappa shape index (κ1) is 18.7. The van der Waals surface area contributed by atoms with Crippen LogP contribution in [0.2, 0.25) is 0 Å². The molecule has 0 saturated heterocycles. The summed E-state index contributed by atoms with van der Waals surface area (Å²) in [6, 6.07) is 13.6. The van der Waals surface area contributed by atoms with Crippen LogP contribution in [0.15, 0.2) is 54.9 Å². The largest absolute Gasteiger partial charge is 0.494 e. The smallest absolute Gasteiger partial charge is 0.227 e. The second-order valence-corrected chi connectivity index (χ2v) is 6.73. The highest BCUT2D eigenvalue weighted by molar-refractivity contribution is 5.94. The third-order valence-electron chi connectivity index (χ3n) is 4.44. The number of nitrogens with one attached hydrogen (secondary N) is 3. The van der Waals surface area contributed by atoms with E-state index < -0.39 is 5.82 Å². The fourth-order valence-corrected chi connectivity index (χ4v) is 2.79. The number of rotatable bonds is 7. The molecule has 0 aliphatic heterocycles. The van der Waals surface area contributed by atoms with Crippen LogP contribution in [-0.4, -0.2) is 23.0 Å². The van der Waals surface area contributed by atoms with E-state index in [0.717, 1.165) is 24.2 Å². The molecule has 4 rings (SSSR count). The molecule has 0 spiro atoms. The van der Waals surface area contributed by atoms with Crippen molar-refractivity contribution in [3.05, 3.63) is 60.7 Å². The number of carbonyl (C=O) groups excluding carboxylic acids is 1. The highest BCUT2D eigenvalue weighted by Gasteiger charge is 2.29. The molecule has 1 aliphatic carbocycles. The molecular weight excluding hydrogens is 373 g/mol. The maximum Gasteiger partial charge on any atom is 0.227 e. The molecule has 1 aromatic heterocycles. The minimum atomic E-state index is -0.434. The van der Waals surface area contributed by atoms with Crippen molar-refractivity contribution in [1.29, 1.82) is 0 Å². The Balaban J connectivity index is 1.45. The lowest BCUT2D eigenvalue weighted by Gasteiger charge is -2.11. The zero-order chi connectivity index (χ0) is 20.2. The summed E-state index contributed by atoms with van der Waals surface area (Å²) < 4.78 is 18.6. The Morgan fingerprint density at radius 1 is 1.00 bits per heavy atom. The van der Waals surface area contributed by atoms with Gasteiger partial charge in [-0.25, -0.2) is 14.4 Å². The van der Waals surface area contributed by atoms with Gasteiger partial charge >= 0.3 is 0 Å². The second kappa shape index (κ2) is 8.14. The van der Waals surface area contributed by atoms with Gasteiger partial charge in [-0.2, -0.15) is 0 Å². The number of amides is 1. The molecule has 1 aliphatic rings. The average molecular weight is 393 g/mol. The van der Waals surface area contributed by atoms with Crippen LogP contribution in [0.1, 0.15) is 12.8 Å². The van der Waals surface area contributed by atoms with E-state index in [2.05, 4.69) is 25.9 Å². The summed E-state index contributed by atoms with van der Waals surface area (Å²) >= 11 is 0. The van der Waals surface area contributed by atoms with E-state index >= 15 is 0 Å². The number of hydrogen-bond donors (Lipinski definition) is 3. The van der Waals surface area contributed by atoms with Crippen molar-refractivity contribution < 1.29 is 13.9 Å². The maximum absolute atomic E-state index is 13.6. The molecule has 1 fully saturated rings. The molecule has 7 nitrogen and oxygen atoms in total. The number of carbonyl (C=O) groups is 1.